The summed E-state index contributed by atoms with van der Waals surface area (Å²) in [6, 6.07) is 16.8. The molecule has 2 rings (SSSR count). The van der Waals surface area contributed by atoms with E-state index in [1.807, 2.05) is 0 Å². The molecule has 0 bridgehead atoms. The van der Waals surface area contributed by atoms with Crippen molar-refractivity contribution in [1.29, 1.82) is 0 Å². The van der Waals surface area contributed by atoms with E-state index in [9.17, 15) is 26.4 Å². The van der Waals surface area contributed by atoms with Crippen LogP contribution in [-0.4, -0.2) is 66.7 Å². The van der Waals surface area contributed by atoms with Crippen LogP contribution in [0.1, 0.15) is 54.8 Å². The van der Waals surface area contributed by atoms with Crippen LogP contribution in [0.4, 0.5) is 0 Å². The van der Waals surface area contributed by atoms with Crippen molar-refractivity contribution in [1.82, 2.24) is 0 Å². The third kappa shape index (κ3) is 12.7. The molecule has 0 amide bonds. The fourth-order valence-corrected chi connectivity index (χ4v) is 5.36. The molecule has 0 aromatic heterocycles. The van der Waals surface area contributed by atoms with Gasteiger partial charge in [-0.05, 0) is 30.7 Å². The Hall–Kier alpha value is -2.80. The van der Waals surface area contributed by atoms with E-state index in [-0.39, 0.29) is 32.8 Å². The van der Waals surface area contributed by atoms with Crippen molar-refractivity contribution in [3.8, 4) is 0 Å². The van der Waals surface area contributed by atoms with Gasteiger partial charge in [0.1, 0.15) is 0 Å². The smallest absolute Gasteiger partial charge is 0.338 e. The average Bonchev–Trinajstić information content (AvgIpc) is 2.89. The first-order chi connectivity index (χ1) is 18.1. The topological polar surface area (TPSA) is 139 Å². The van der Waals surface area contributed by atoms with E-state index in [1.54, 1.807) is 88.4 Å². The molecule has 0 saturated carbocycles. The van der Waals surface area contributed by atoms with E-state index in [2.05, 4.69) is 0 Å². The maximum Gasteiger partial charge on any atom is 0.338 e. The summed E-state index contributed by atoms with van der Waals surface area (Å²) in [4.78, 5) is 24.2. The Morgan fingerprint density at radius 1 is 0.590 bits per heavy atom. The van der Waals surface area contributed by atoms with Gasteiger partial charge >= 0.3 is 11.9 Å². The van der Waals surface area contributed by atoms with Gasteiger partial charge in [-0.3, -0.25) is 8.37 Å². The Bertz CT molecular complexity index is 1190. The maximum atomic E-state index is 12.3. The number of hydrogen-bond donors (Lipinski definition) is 0. The molecule has 0 aliphatic carbocycles. The molecule has 0 atom stereocenters. The minimum Gasteiger partial charge on any atom is -0.461 e. The maximum absolute atomic E-state index is 12.3. The first-order valence-electron chi connectivity index (χ1n) is 12.3. The Labute approximate surface area is 230 Å². The lowest BCUT2D eigenvalue weighted by atomic mass is 9.96. The van der Waals surface area contributed by atoms with Crippen LogP contribution in [0.5, 0.6) is 0 Å². The number of hydrogen-bond acceptors (Lipinski definition) is 10. The molecule has 0 heterocycles. The number of carbonyl (C=O) groups excluding carboxylic acids is 2. The summed E-state index contributed by atoms with van der Waals surface area (Å²) in [5.41, 5.74) is -0.853. The summed E-state index contributed by atoms with van der Waals surface area (Å²) in [5, 5.41) is 0. The van der Waals surface area contributed by atoms with Crippen molar-refractivity contribution < 1.29 is 44.3 Å². The monoisotopic (exact) mass is 584 g/mol. The predicted molar refractivity (Wildman–Crippen MR) is 145 cm³/mol. The lowest BCUT2D eigenvalue weighted by Gasteiger charge is -2.24. The summed E-state index contributed by atoms with van der Waals surface area (Å²) < 4.78 is 69.8. The average molecular weight is 585 g/mol. The molecule has 0 unspecified atom stereocenters. The van der Waals surface area contributed by atoms with Crippen LogP contribution in [-0.2, 0) is 38.1 Å². The largest absolute Gasteiger partial charge is 0.461 e. The van der Waals surface area contributed by atoms with Gasteiger partial charge in [-0.1, -0.05) is 64.1 Å². The summed E-state index contributed by atoms with van der Waals surface area (Å²) in [6.45, 7) is 6.06. The van der Waals surface area contributed by atoms with Gasteiger partial charge in [0.25, 0.3) is 20.2 Å². The van der Waals surface area contributed by atoms with E-state index >= 15 is 0 Å². The van der Waals surface area contributed by atoms with E-state index in [0.29, 0.717) is 11.1 Å². The highest BCUT2D eigenvalue weighted by Crippen LogP contribution is 2.20. The van der Waals surface area contributed by atoms with Crippen molar-refractivity contribution in [2.45, 2.75) is 34.1 Å². The summed E-state index contributed by atoms with van der Waals surface area (Å²) in [6.07, 6.45) is -0.239. The van der Waals surface area contributed by atoms with Crippen LogP contribution < -0.4 is 0 Å². The number of benzene rings is 2. The molecular formula is C27H36O10S2. The summed E-state index contributed by atoms with van der Waals surface area (Å²) >= 11 is 0. The van der Waals surface area contributed by atoms with Gasteiger partial charge in [0.05, 0.1) is 49.1 Å². The molecule has 2 aromatic rings. The number of esters is 2. The van der Waals surface area contributed by atoms with E-state index in [0.717, 1.165) is 0 Å². The highest BCUT2D eigenvalue weighted by molar-refractivity contribution is 7.87. The van der Waals surface area contributed by atoms with Crippen molar-refractivity contribution in [2.75, 3.05) is 37.9 Å². The molecule has 0 N–H and O–H groups in total. The predicted octanol–water partition coefficient (Wildman–Crippen LogP) is 3.84. The van der Waals surface area contributed by atoms with Gasteiger partial charge in [0.2, 0.25) is 0 Å². The number of ether oxygens (including phenoxy) is 2. The Kier molecular flexibility index (Phi) is 11.6. The molecule has 0 aliphatic heterocycles. The molecule has 10 nitrogen and oxygen atoms in total. The van der Waals surface area contributed by atoms with Crippen LogP contribution in [0.25, 0.3) is 0 Å². The zero-order valence-electron chi connectivity index (χ0n) is 22.6. The van der Waals surface area contributed by atoms with Gasteiger partial charge in [0, 0.05) is 10.8 Å². The number of carbonyl (C=O) groups is 2. The van der Waals surface area contributed by atoms with Crippen molar-refractivity contribution in [3.63, 3.8) is 0 Å². The van der Waals surface area contributed by atoms with E-state index in [1.165, 1.54) is 0 Å². The minimum absolute atomic E-state index is 0.0745. The van der Waals surface area contributed by atoms with Gasteiger partial charge in [-0.2, -0.15) is 16.8 Å². The van der Waals surface area contributed by atoms with E-state index in [4.69, 9.17) is 17.8 Å². The summed E-state index contributed by atoms with van der Waals surface area (Å²) in [7, 11) is -8.07. The van der Waals surface area contributed by atoms with Gasteiger partial charge < -0.3 is 9.47 Å². The van der Waals surface area contributed by atoms with Gasteiger partial charge in [-0.15, -0.1) is 0 Å². The minimum atomic E-state index is -4.03. The van der Waals surface area contributed by atoms with Crippen molar-refractivity contribution in [2.24, 2.45) is 10.8 Å². The highest BCUT2D eigenvalue weighted by Gasteiger charge is 2.27. The van der Waals surface area contributed by atoms with Crippen LogP contribution in [0.3, 0.4) is 0 Å². The van der Waals surface area contributed by atoms with Crippen LogP contribution >= 0.6 is 0 Å². The van der Waals surface area contributed by atoms with E-state index < -0.39 is 54.5 Å². The second kappa shape index (κ2) is 14.0. The highest BCUT2D eigenvalue weighted by atomic mass is 32.2. The zero-order chi connectivity index (χ0) is 29.2. The molecule has 0 radical (unpaired) electrons. The van der Waals surface area contributed by atoms with Crippen LogP contribution in [0.2, 0.25) is 0 Å². The fourth-order valence-electron chi connectivity index (χ4n) is 2.95. The Morgan fingerprint density at radius 2 is 0.923 bits per heavy atom. The normalized spacial score (nSPS) is 12.6. The second-order valence-corrected chi connectivity index (χ2v) is 14.1. The lowest BCUT2D eigenvalue weighted by molar-refractivity contribution is 0.0248. The van der Waals surface area contributed by atoms with Gasteiger partial charge in [-0.25, -0.2) is 9.59 Å². The SMILES string of the molecule is CC(C)(COC(=O)c1ccccc1)COS(=O)(=O)CCCS(=O)(=O)OCC(C)(C)COC(=O)c1ccccc1. The van der Waals surface area contributed by atoms with Crippen LogP contribution in [0.15, 0.2) is 60.7 Å². The third-order valence-electron chi connectivity index (χ3n) is 5.25. The lowest BCUT2D eigenvalue weighted by Crippen LogP contribution is -2.30. The Morgan fingerprint density at radius 3 is 1.26 bits per heavy atom. The quantitative estimate of drug-likeness (QED) is 0.211. The molecule has 0 spiro atoms. The standard InChI is InChI=1S/C27H36O10S2/c1-26(2,18-34-24(28)22-12-7-5-8-13-22)20-36-38(30,31)16-11-17-39(32,33)37-21-27(3,4)19-35-25(29)23-14-9-6-10-15-23/h5-10,12-15H,11,16-21H2,1-4H3. The Balaban J connectivity index is 1.72. The second-order valence-electron chi connectivity index (χ2n) is 10.6. The summed E-state index contributed by atoms with van der Waals surface area (Å²) in [5.74, 6) is -2.13. The third-order valence-corrected chi connectivity index (χ3v) is 7.79. The molecule has 12 heteroatoms. The van der Waals surface area contributed by atoms with Crippen LogP contribution in [0, 0.1) is 10.8 Å². The molecular weight excluding hydrogens is 548 g/mol. The van der Waals surface area contributed by atoms with Crippen molar-refractivity contribution in [3.05, 3.63) is 71.8 Å². The molecule has 216 valence electrons. The number of rotatable bonds is 16. The first-order valence-corrected chi connectivity index (χ1v) is 15.4. The van der Waals surface area contributed by atoms with Crippen molar-refractivity contribution >= 4 is 32.2 Å². The molecule has 0 fully saturated rings. The molecule has 2 aromatic carbocycles. The van der Waals surface area contributed by atoms with Gasteiger partial charge in [0.15, 0.2) is 0 Å². The zero-order valence-corrected chi connectivity index (χ0v) is 24.3. The molecule has 0 aliphatic rings. The fraction of sp³-hybridized carbons (Fsp3) is 0.481. The first kappa shape index (κ1) is 32.4. The molecule has 39 heavy (non-hydrogen) atoms. The molecule has 0 saturated heterocycles.